The number of benzene rings is 2. The van der Waals surface area contributed by atoms with E-state index in [2.05, 4.69) is 15.2 Å². The topological polar surface area (TPSA) is 126 Å². The van der Waals surface area contributed by atoms with Crippen molar-refractivity contribution >= 4 is 52.4 Å². The number of ether oxygens (including phenoxy) is 3. The highest BCUT2D eigenvalue weighted by atomic mass is 35.5. The Balaban J connectivity index is 1.29. The quantitative estimate of drug-likeness (QED) is 0.292. The van der Waals surface area contributed by atoms with Gasteiger partial charge in [0.15, 0.2) is 10.8 Å². The zero-order chi connectivity index (χ0) is 34.7. The number of carbonyl (C=O) groups excluding carboxylic acids is 3. The standard InChI is InChI=1S/C34H36ClFN6O6S/c1-46-19-27-26-18-42(22-8-4-20(5-9-22)6-11-28(43)47-2)34(45)41(26)14-13-40(27)17-25-29(33(44)48-3)30(23-10-7-21(36)16-24(23)35)39-31(38-25)32-37-12-15-49-32/h4-5,7-10,12,15-16,26-27,30H,6,11,13-14,17-19H2,1-3H3,(H,38,39)/t26-,27-,30+/m1/s1. The zero-order valence-corrected chi connectivity index (χ0v) is 28.8. The van der Waals surface area contributed by atoms with Gasteiger partial charge in [0.1, 0.15) is 11.9 Å². The van der Waals surface area contributed by atoms with Gasteiger partial charge in [-0.05, 0) is 36.2 Å². The lowest BCUT2D eigenvalue weighted by Gasteiger charge is -2.44. The number of amidine groups is 1. The number of esters is 2. The van der Waals surface area contributed by atoms with E-state index in [4.69, 9.17) is 30.8 Å². The SMILES string of the molecule is COC[C@@H]1[C@H]2CN(c3ccc(CCC(=O)OC)cc3)C(=O)N2CCN1CC1=C(C(=O)OC)[C@H](c2ccc(F)cc2Cl)N=C(c2nccs2)N1. The largest absolute Gasteiger partial charge is 0.469 e. The van der Waals surface area contributed by atoms with Gasteiger partial charge in [0, 0.05) is 73.3 Å². The van der Waals surface area contributed by atoms with E-state index in [0.29, 0.717) is 54.8 Å². The Hall–Kier alpha value is -4.37. The van der Waals surface area contributed by atoms with Crippen LogP contribution in [0.1, 0.15) is 28.6 Å². The van der Waals surface area contributed by atoms with Crippen molar-refractivity contribution in [3.05, 3.63) is 92.3 Å². The molecule has 0 radical (unpaired) electrons. The first kappa shape index (κ1) is 34.5. The summed E-state index contributed by atoms with van der Waals surface area (Å²) in [5.41, 5.74) is 2.96. The Kier molecular flexibility index (Phi) is 10.6. The summed E-state index contributed by atoms with van der Waals surface area (Å²) in [7, 11) is 4.29. The number of hydrogen-bond acceptors (Lipinski definition) is 11. The van der Waals surface area contributed by atoms with Crippen LogP contribution in [0.3, 0.4) is 0 Å². The Bertz CT molecular complexity index is 1770. The molecular formula is C34H36ClFN6O6S. The molecule has 0 bridgehead atoms. The number of nitrogens with zero attached hydrogens (tertiary/aromatic N) is 5. The number of aromatic nitrogens is 1. The molecule has 12 nitrogen and oxygen atoms in total. The smallest absolute Gasteiger partial charge is 0.338 e. The molecule has 3 atom stereocenters. The van der Waals surface area contributed by atoms with Gasteiger partial charge >= 0.3 is 18.0 Å². The minimum atomic E-state index is -0.892. The van der Waals surface area contributed by atoms with Gasteiger partial charge in [-0.1, -0.05) is 29.8 Å². The van der Waals surface area contributed by atoms with Gasteiger partial charge in [0.2, 0.25) is 0 Å². The molecule has 3 aliphatic heterocycles. The second-order valence-corrected chi connectivity index (χ2v) is 13.1. The molecule has 0 aliphatic carbocycles. The molecule has 2 amide bonds. The van der Waals surface area contributed by atoms with Crippen LogP contribution in [0, 0.1) is 5.82 Å². The number of rotatable bonds is 11. The third-order valence-electron chi connectivity index (χ3n) is 9.00. The fourth-order valence-electron chi connectivity index (χ4n) is 6.56. The van der Waals surface area contributed by atoms with E-state index in [1.54, 1.807) is 18.2 Å². The van der Waals surface area contributed by atoms with Gasteiger partial charge in [-0.3, -0.25) is 19.6 Å². The van der Waals surface area contributed by atoms with Crippen molar-refractivity contribution in [2.24, 2.45) is 4.99 Å². The summed E-state index contributed by atoms with van der Waals surface area (Å²) in [6.07, 6.45) is 2.48. The van der Waals surface area contributed by atoms with Crippen LogP contribution in [0.25, 0.3) is 0 Å². The molecule has 2 aromatic carbocycles. The average molecular weight is 711 g/mol. The second kappa shape index (κ2) is 15.0. The van der Waals surface area contributed by atoms with Gasteiger partial charge in [-0.15, -0.1) is 11.3 Å². The summed E-state index contributed by atoms with van der Waals surface area (Å²) < 4.78 is 29.8. The lowest BCUT2D eigenvalue weighted by molar-refractivity contribution is -0.140. The van der Waals surface area contributed by atoms with Crippen LogP contribution in [0.4, 0.5) is 14.9 Å². The fraction of sp³-hybridized carbons (Fsp3) is 0.382. The molecule has 15 heteroatoms. The number of carbonyl (C=O) groups is 3. The van der Waals surface area contributed by atoms with Crippen molar-refractivity contribution < 1.29 is 33.0 Å². The third kappa shape index (κ3) is 7.18. The number of aliphatic imine (C=N–C) groups is 1. The van der Waals surface area contributed by atoms with Crippen LogP contribution in [-0.4, -0.2) is 105 Å². The summed E-state index contributed by atoms with van der Waals surface area (Å²) in [5.74, 6) is -0.939. The van der Waals surface area contributed by atoms with Crippen LogP contribution < -0.4 is 10.2 Å². The van der Waals surface area contributed by atoms with E-state index in [9.17, 15) is 18.8 Å². The summed E-state index contributed by atoms with van der Waals surface area (Å²) >= 11 is 7.91. The number of anilines is 1. The van der Waals surface area contributed by atoms with Crippen LogP contribution >= 0.6 is 22.9 Å². The number of aryl methyl sites for hydroxylation is 1. The molecule has 0 saturated carbocycles. The number of methoxy groups -OCH3 is 3. The van der Waals surface area contributed by atoms with Crippen molar-refractivity contribution in [3.8, 4) is 0 Å². The molecule has 1 aromatic heterocycles. The predicted octanol–water partition coefficient (Wildman–Crippen LogP) is 4.20. The van der Waals surface area contributed by atoms with E-state index in [1.165, 1.54) is 43.8 Å². The summed E-state index contributed by atoms with van der Waals surface area (Å²) in [4.78, 5) is 53.9. The lowest BCUT2D eigenvalue weighted by Crippen LogP contribution is -2.61. The molecule has 1 N–H and O–H groups in total. The molecule has 2 fully saturated rings. The number of hydrogen-bond donors (Lipinski definition) is 1. The van der Waals surface area contributed by atoms with Gasteiger partial charge in [-0.2, -0.15) is 0 Å². The third-order valence-corrected chi connectivity index (χ3v) is 10.1. The van der Waals surface area contributed by atoms with Gasteiger partial charge in [0.05, 0.1) is 38.5 Å². The van der Waals surface area contributed by atoms with E-state index < -0.39 is 17.8 Å². The molecule has 4 heterocycles. The molecule has 3 aromatic rings. The number of halogens is 2. The lowest BCUT2D eigenvalue weighted by atomic mass is 9.94. The highest BCUT2D eigenvalue weighted by Gasteiger charge is 2.47. The van der Waals surface area contributed by atoms with Crippen molar-refractivity contribution in [2.45, 2.75) is 31.0 Å². The van der Waals surface area contributed by atoms with Crippen molar-refractivity contribution in [1.29, 1.82) is 0 Å². The number of piperazine rings is 1. The highest BCUT2D eigenvalue weighted by Crippen LogP contribution is 2.38. The maximum absolute atomic E-state index is 14.1. The highest BCUT2D eigenvalue weighted by molar-refractivity contribution is 7.11. The Morgan fingerprint density at radius 2 is 1.90 bits per heavy atom. The van der Waals surface area contributed by atoms with E-state index in [1.807, 2.05) is 34.5 Å². The summed E-state index contributed by atoms with van der Waals surface area (Å²) in [5, 5.41) is 5.91. The van der Waals surface area contributed by atoms with Crippen LogP contribution in [-0.2, 0) is 30.2 Å². The van der Waals surface area contributed by atoms with Crippen LogP contribution in [0.2, 0.25) is 5.02 Å². The number of nitrogens with one attached hydrogen (secondary N) is 1. The first-order chi connectivity index (χ1) is 23.7. The number of urea groups is 1. The Morgan fingerprint density at radius 1 is 1.10 bits per heavy atom. The molecule has 3 aliphatic rings. The molecule has 258 valence electrons. The first-order valence-corrected chi connectivity index (χ1v) is 17.0. The number of amides is 2. The monoisotopic (exact) mass is 710 g/mol. The average Bonchev–Trinajstić information content (AvgIpc) is 3.77. The van der Waals surface area contributed by atoms with Gasteiger partial charge in [0.25, 0.3) is 0 Å². The maximum atomic E-state index is 14.1. The Morgan fingerprint density at radius 3 is 2.57 bits per heavy atom. The number of thiazole rings is 1. The summed E-state index contributed by atoms with van der Waals surface area (Å²) in [6, 6.07) is 10.2. The van der Waals surface area contributed by atoms with E-state index in [0.717, 1.165) is 11.3 Å². The molecule has 0 spiro atoms. The van der Waals surface area contributed by atoms with Crippen molar-refractivity contribution in [3.63, 3.8) is 0 Å². The van der Waals surface area contributed by atoms with Crippen LogP contribution in [0.5, 0.6) is 0 Å². The van der Waals surface area contributed by atoms with E-state index in [-0.39, 0.29) is 47.6 Å². The van der Waals surface area contributed by atoms with Gasteiger partial charge in [-0.25, -0.2) is 19.0 Å². The maximum Gasteiger partial charge on any atom is 0.338 e. The number of fused-ring (bicyclic) bond motifs is 1. The molecule has 2 saturated heterocycles. The normalized spacial score (nSPS) is 21.0. The second-order valence-electron chi connectivity index (χ2n) is 11.8. The molecule has 49 heavy (non-hydrogen) atoms. The Labute approximate surface area is 292 Å². The molecule has 0 unspecified atom stereocenters. The fourth-order valence-corrected chi connectivity index (χ4v) is 7.42. The minimum Gasteiger partial charge on any atom is -0.469 e. The van der Waals surface area contributed by atoms with Gasteiger partial charge < -0.3 is 24.4 Å². The minimum absolute atomic E-state index is 0.0949. The summed E-state index contributed by atoms with van der Waals surface area (Å²) in [6.45, 7) is 1.99. The molecular weight excluding hydrogens is 675 g/mol. The predicted molar refractivity (Wildman–Crippen MR) is 182 cm³/mol. The first-order valence-electron chi connectivity index (χ1n) is 15.7. The van der Waals surface area contributed by atoms with Crippen LogP contribution in [0.15, 0.2) is 70.3 Å². The van der Waals surface area contributed by atoms with E-state index >= 15 is 0 Å². The van der Waals surface area contributed by atoms with Crippen molar-refractivity contribution in [2.75, 3.05) is 59.0 Å². The zero-order valence-electron chi connectivity index (χ0n) is 27.2. The molecule has 6 rings (SSSR count). The van der Waals surface area contributed by atoms with Crippen molar-refractivity contribution in [1.82, 2.24) is 20.1 Å².